The normalized spacial score (nSPS) is 10.4. The van der Waals surface area contributed by atoms with E-state index in [4.69, 9.17) is 25.8 Å². The third-order valence-electron chi connectivity index (χ3n) is 3.50. The minimum Gasteiger partial charge on any atom is -0.492 e. The van der Waals surface area contributed by atoms with Crippen molar-refractivity contribution >= 4 is 23.3 Å². The molecule has 0 aliphatic carbocycles. The molecule has 0 saturated heterocycles. The quantitative estimate of drug-likeness (QED) is 0.565. The zero-order valence-electron chi connectivity index (χ0n) is 15.4. The lowest BCUT2D eigenvalue weighted by Gasteiger charge is -2.10. The van der Waals surface area contributed by atoms with E-state index in [0.717, 1.165) is 5.56 Å². The van der Waals surface area contributed by atoms with Crippen molar-refractivity contribution in [3.05, 3.63) is 59.1 Å². The summed E-state index contributed by atoms with van der Waals surface area (Å²) in [5.41, 5.74) is 1.69. The second-order valence-corrected chi connectivity index (χ2v) is 6.07. The predicted molar refractivity (Wildman–Crippen MR) is 107 cm³/mol. The van der Waals surface area contributed by atoms with Gasteiger partial charge in [-0.25, -0.2) is 4.79 Å². The standard InChI is InChI=1S/C20H25ClN2O4/c1-2-25-12-13-26-15-16-4-3-5-18(14-16)23-20(24)22-10-11-27-19-8-6-17(21)7-9-19/h3-9,14H,2,10-13,15H2,1H3,(H2,22,23,24). The van der Waals surface area contributed by atoms with Gasteiger partial charge >= 0.3 is 6.03 Å². The van der Waals surface area contributed by atoms with Gasteiger partial charge in [-0.3, -0.25) is 0 Å². The SMILES string of the molecule is CCOCCOCc1cccc(NC(=O)NCCOc2ccc(Cl)cc2)c1. The lowest BCUT2D eigenvalue weighted by Crippen LogP contribution is -2.32. The molecule has 0 aromatic heterocycles. The molecule has 0 spiro atoms. The Morgan fingerprint density at radius 3 is 2.59 bits per heavy atom. The van der Waals surface area contributed by atoms with Gasteiger partial charge < -0.3 is 24.8 Å². The van der Waals surface area contributed by atoms with Gasteiger partial charge in [0, 0.05) is 17.3 Å². The maximum Gasteiger partial charge on any atom is 0.319 e. The fourth-order valence-corrected chi connectivity index (χ4v) is 2.36. The number of rotatable bonds is 11. The van der Waals surface area contributed by atoms with Crippen LogP contribution in [0.1, 0.15) is 12.5 Å². The van der Waals surface area contributed by atoms with Crippen molar-refractivity contribution in [3.63, 3.8) is 0 Å². The molecule has 0 aliphatic rings. The number of hydrogen-bond donors (Lipinski definition) is 2. The molecule has 0 bridgehead atoms. The van der Waals surface area contributed by atoms with E-state index >= 15 is 0 Å². The molecule has 2 N–H and O–H groups in total. The summed E-state index contributed by atoms with van der Waals surface area (Å²) in [4.78, 5) is 12.0. The molecule has 0 atom stereocenters. The zero-order chi connectivity index (χ0) is 19.3. The van der Waals surface area contributed by atoms with Crippen LogP contribution >= 0.6 is 11.6 Å². The fourth-order valence-electron chi connectivity index (χ4n) is 2.23. The Morgan fingerprint density at radius 1 is 1.04 bits per heavy atom. The molecule has 2 amide bonds. The Labute approximate surface area is 164 Å². The molecular formula is C20H25ClN2O4. The number of anilines is 1. The summed E-state index contributed by atoms with van der Waals surface area (Å²) in [6.45, 7) is 4.97. The molecule has 0 fully saturated rings. The predicted octanol–water partition coefficient (Wildman–Crippen LogP) is 4.09. The molecule has 2 rings (SSSR count). The van der Waals surface area contributed by atoms with Gasteiger partial charge in [-0.1, -0.05) is 23.7 Å². The van der Waals surface area contributed by atoms with Crippen molar-refractivity contribution in [2.45, 2.75) is 13.5 Å². The summed E-state index contributed by atoms with van der Waals surface area (Å²) in [6, 6.07) is 14.3. The highest BCUT2D eigenvalue weighted by atomic mass is 35.5. The van der Waals surface area contributed by atoms with Gasteiger partial charge in [0.1, 0.15) is 12.4 Å². The number of carbonyl (C=O) groups is 1. The van der Waals surface area contributed by atoms with E-state index in [-0.39, 0.29) is 6.03 Å². The van der Waals surface area contributed by atoms with E-state index in [1.807, 2.05) is 31.2 Å². The van der Waals surface area contributed by atoms with Crippen molar-refractivity contribution in [2.75, 3.05) is 38.3 Å². The lowest BCUT2D eigenvalue weighted by molar-refractivity contribution is 0.0453. The van der Waals surface area contributed by atoms with Crippen LogP contribution in [0.3, 0.4) is 0 Å². The molecule has 2 aromatic carbocycles. The zero-order valence-corrected chi connectivity index (χ0v) is 16.1. The molecule has 0 aliphatic heterocycles. The van der Waals surface area contributed by atoms with E-state index in [1.54, 1.807) is 24.3 Å². The van der Waals surface area contributed by atoms with E-state index < -0.39 is 0 Å². The highest BCUT2D eigenvalue weighted by molar-refractivity contribution is 6.30. The summed E-state index contributed by atoms with van der Waals surface area (Å²) in [7, 11) is 0. The summed E-state index contributed by atoms with van der Waals surface area (Å²) in [6.07, 6.45) is 0. The first kappa shape index (κ1) is 21.0. The number of benzene rings is 2. The van der Waals surface area contributed by atoms with E-state index in [9.17, 15) is 4.79 Å². The molecule has 6 nitrogen and oxygen atoms in total. The molecule has 146 valence electrons. The van der Waals surface area contributed by atoms with Crippen LogP contribution in [0.15, 0.2) is 48.5 Å². The number of ether oxygens (including phenoxy) is 3. The Kier molecular flexibility index (Phi) is 9.48. The molecule has 0 saturated carbocycles. The van der Waals surface area contributed by atoms with Crippen LogP contribution in [0.4, 0.5) is 10.5 Å². The smallest absolute Gasteiger partial charge is 0.319 e. The largest absolute Gasteiger partial charge is 0.492 e. The molecular weight excluding hydrogens is 368 g/mol. The van der Waals surface area contributed by atoms with Crippen molar-refractivity contribution < 1.29 is 19.0 Å². The van der Waals surface area contributed by atoms with Crippen LogP contribution < -0.4 is 15.4 Å². The Balaban J connectivity index is 1.65. The number of halogens is 1. The van der Waals surface area contributed by atoms with Gasteiger partial charge in [0.2, 0.25) is 0 Å². The third kappa shape index (κ3) is 8.77. The first-order chi connectivity index (χ1) is 13.2. The van der Waals surface area contributed by atoms with E-state index in [1.165, 1.54) is 0 Å². The Bertz CT molecular complexity index is 695. The van der Waals surface area contributed by atoms with Crippen LogP contribution in [-0.4, -0.2) is 39.0 Å². The highest BCUT2D eigenvalue weighted by Crippen LogP contribution is 2.15. The second kappa shape index (κ2) is 12.2. The number of nitrogens with one attached hydrogen (secondary N) is 2. The Hall–Kier alpha value is -2.28. The maximum absolute atomic E-state index is 12.0. The maximum atomic E-state index is 12.0. The van der Waals surface area contributed by atoms with Crippen LogP contribution in [0.5, 0.6) is 5.75 Å². The van der Waals surface area contributed by atoms with Crippen molar-refractivity contribution in [1.29, 1.82) is 0 Å². The molecule has 0 heterocycles. The van der Waals surface area contributed by atoms with E-state index in [2.05, 4.69) is 10.6 Å². The molecule has 27 heavy (non-hydrogen) atoms. The first-order valence-electron chi connectivity index (χ1n) is 8.85. The Morgan fingerprint density at radius 2 is 1.81 bits per heavy atom. The monoisotopic (exact) mass is 392 g/mol. The molecule has 0 unspecified atom stereocenters. The molecule has 7 heteroatoms. The number of carbonyl (C=O) groups excluding carboxylic acids is 1. The summed E-state index contributed by atoms with van der Waals surface area (Å²) >= 11 is 5.82. The summed E-state index contributed by atoms with van der Waals surface area (Å²) in [5.74, 6) is 0.707. The fraction of sp³-hybridized carbons (Fsp3) is 0.350. The topological polar surface area (TPSA) is 68.8 Å². The minimum absolute atomic E-state index is 0.288. The van der Waals surface area contributed by atoms with Gasteiger partial charge in [-0.05, 0) is 48.9 Å². The molecule has 0 radical (unpaired) electrons. The van der Waals surface area contributed by atoms with Crippen LogP contribution in [0.2, 0.25) is 5.02 Å². The number of urea groups is 1. The van der Waals surface area contributed by atoms with Crippen LogP contribution in [0, 0.1) is 0 Å². The third-order valence-corrected chi connectivity index (χ3v) is 3.75. The van der Waals surface area contributed by atoms with Gasteiger partial charge in [-0.15, -0.1) is 0 Å². The lowest BCUT2D eigenvalue weighted by atomic mass is 10.2. The summed E-state index contributed by atoms with van der Waals surface area (Å²) < 4.78 is 16.3. The van der Waals surface area contributed by atoms with Gasteiger partial charge in [0.15, 0.2) is 0 Å². The van der Waals surface area contributed by atoms with Crippen LogP contribution in [0.25, 0.3) is 0 Å². The van der Waals surface area contributed by atoms with E-state index in [0.29, 0.717) is 56.0 Å². The van der Waals surface area contributed by atoms with Gasteiger partial charge in [-0.2, -0.15) is 0 Å². The van der Waals surface area contributed by atoms with Crippen molar-refractivity contribution in [2.24, 2.45) is 0 Å². The number of hydrogen-bond acceptors (Lipinski definition) is 4. The highest BCUT2D eigenvalue weighted by Gasteiger charge is 2.03. The average Bonchev–Trinajstić information content (AvgIpc) is 2.67. The van der Waals surface area contributed by atoms with Crippen molar-refractivity contribution in [1.82, 2.24) is 5.32 Å². The van der Waals surface area contributed by atoms with Crippen LogP contribution in [-0.2, 0) is 16.1 Å². The van der Waals surface area contributed by atoms with Crippen molar-refractivity contribution in [3.8, 4) is 5.75 Å². The first-order valence-corrected chi connectivity index (χ1v) is 9.23. The average molecular weight is 393 g/mol. The number of amides is 2. The second-order valence-electron chi connectivity index (χ2n) is 5.63. The molecule has 2 aromatic rings. The summed E-state index contributed by atoms with van der Waals surface area (Å²) in [5, 5.41) is 6.20. The van der Waals surface area contributed by atoms with Gasteiger partial charge in [0.25, 0.3) is 0 Å². The van der Waals surface area contributed by atoms with Gasteiger partial charge in [0.05, 0.1) is 26.4 Å². The minimum atomic E-state index is -0.288.